The first-order valence-electron chi connectivity index (χ1n) is 11.4. The maximum Gasteiger partial charge on any atom is 0.165 e. The van der Waals surface area contributed by atoms with E-state index in [0.29, 0.717) is 29.2 Å². The average molecular weight is 479 g/mol. The second kappa shape index (κ2) is 9.95. The predicted molar refractivity (Wildman–Crippen MR) is 128 cm³/mol. The molecule has 3 aromatic heterocycles. The Labute approximate surface area is 201 Å². The largest absolute Gasteiger partial charge is 0.494 e. The lowest BCUT2D eigenvalue weighted by molar-refractivity contribution is 0.125. The first-order chi connectivity index (χ1) is 17.0. The SMILES string of the molecule is COc1ccc([C@H](NC(O)c2ccc3cnc(N[C@@H]4CCOC4)cc3n2)c2cnn(C)c2)cc1F. The van der Waals surface area contributed by atoms with Gasteiger partial charge in [0.05, 0.1) is 43.2 Å². The monoisotopic (exact) mass is 478 g/mol. The second-order valence-corrected chi connectivity index (χ2v) is 8.55. The average Bonchev–Trinajstić information content (AvgIpc) is 3.53. The first-order valence-corrected chi connectivity index (χ1v) is 11.4. The summed E-state index contributed by atoms with van der Waals surface area (Å²) >= 11 is 0. The smallest absolute Gasteiger partial charge is 0.165 e. The van der Waals surface area contributed by atoms with Gasteiger partial charge in [-0.05, 0) is 36.2 Å². The number of anilines is 1. The van der Waals surface area contributed by atoms with E-state index in [1.165, 1.54) is 13.2 Å². The minimum Gasteiger partial charge on any atom is -0.494 e. The van der Waals surface area contributed by atoms with Crippen LogP contribution in [0.3, 0.4) is 0 Å². The highest BCUT2D eigenvalue weighted by Gasteiger charge is 2.22. The molecule has 5 rings (SSSR count). The number of aromatic nitrogens is 4. The number of methoxy groups -OCH3 is 1. The molecule has 0 radical (unpaired) electrons. The molecule has 0 saturated carbocycles. The minimum atomic E-state index is -1.12. The van der Waals surface area contributed by atoms with Gasteiger partial charge in [-0.1, -0.05) is 6.07 Å². The summed E-state index contributed by atoms with van der Waals surface area (Å²) in [4.78, 5) is 9.12. The highest BCUT2D eigenvalue weighted by molar-refractivity contribution is 5.80. The molecule has 35 heavy (non-hydrogen) atoms. The van der Waals surface area contributed by atoms with E-state index in [-0.39, 0.29) is 11.8 Å². The number of benzene rings is 1. The van der Waals surface area contributed by atoms with Crippen LogP contribution >= 0.6 is 0 Å². The Hall–Kier alpha value is -3.60. The third-order valence-electron chi connectivity index (χ3n) is 6.05. The van der Waals surface area contributed by atoms with Gasteiger partial charge in [0.2, 0.25) is 0 Å². The molecule has 182 valence electrons. The number of aliphatic hydroxyl groups excluding tert-OH is 1. The number of nitrogens with zero attached hydrogens (tertiary/aromatic N) is 4. The Bertz CT molecular complexity index is 1320. The number of halogens is 1. The van der Waals surface area contributed by atoms with Crippen LogP contribution in [0.5, 0.6) is 5.75 Å². The van der Waals surface area contributed by atoms with Crippen LogP contribution in [0.4, 0.5) is 10.2 Å². The molecule has 4 aromatic rings. The van der Waals surface area contributed by atoms with E-state index in [0.717, 1.165) is 24.0 Å². The fourth-order valence-corrected chi connectivity index (χ4v) is 4.20. The Morgan fingerprint density at radius 3 is 2.80 bits per heavy atom. The lowest BCUT2D eigenvalue weighted by Crippen LogP contribution is -2.28. The van der Waals surface area contributed by atoms with Gasteiger partial charge >= 0.3 is 0 Å². The topological polar surface area (TPSA) is 106 Å². The molecule has 0 bridgehead atoms. The molecule has 1 aliphatic heterocycles. The van der Waals surface area contributed by atoms with E-state index in [1.807, 2.05) is 18.3 Å². The van der Waals surface area contributed by atoms with Crippen LogP contribution < -0.4 is 15.4 Å². The Kier molecular flexibility index (Phi) is 6.58. The molecule has 3 atom stereocenters. The molecule has 4 heterocycles. The number of nitrogens with one attached hydrogen (secondary N) is 2. The van der Waals surface area contributed by atoms with Gasteiger partial charge in [0.15, 0.2) is 11.6 Å². The highest BCUT2D eigenvalue weighted by atomic mass is 19.1. The molecule has 0 spiro atoms. The number of ether oxygens (including phenoxy) is 2. The maximum absolute atomic E-state index is 14.5. The van der Waals surface area contributed by atoms with E-state index >= 15 is 0 Å². The van der Waals surface area contributed by atoms with Crippen molar-refractivity contribution in [3.8, 4) is 5.75 Å². The number of hydrogen-bond acceptors (Lipinski definition) is 8. The van der Waals surface area contributed by atoms with Crippen molar-refractivity contribution in [1.29, 1.82) is 0 Å². The van der Waals surface area contributed by atoms with E-state index in [2.05, 4.69) is 25.7 Å². The van der Waals surface area contributed by atoms with Gasteiger partial charge in [0.1, 0.15) is 12.0 Å². The normalized spacial score (nSPS) is 17.4. The molecule has 3 N–H and O–H groups in total. The number of aryl methyl sites for hydroxylation is 1. The summed E-state index contributed by atoms with van der Waals surface area (Å²) in [7, 11) is 3.22. The molecule has 1 saturated heterocycles. The molecular weight excluding hydrogens is 451 g/mol. The fraction of sp³-hybridized carbons (Fsp3) is 0.320. The minimum absolute atomic E-state index is 0.151. The first kappa shape index (κ1) is 23.2. The molecule has 10 heteroatoms. The zero-order chi connectivity index (χ0) is 24.4. The molecule has 1 unspecified atom stereocenters. The summed E-state index contributed by atoms with van der Waals surface area (Å²) in [6.07, 6.45) is 5.05. The number of fused-ring (bicyclic) bond motifs is 1. The van der Waals surface area contributed by atoms with Gasteiger partial charge in [-0.3, -0.25) is 10.00 Å². The van der Waals surface area contributed by atoms with Crippen molar-refractivity contribution in [2.45, 2.75) is 24.7 Å². The van der Waals surface area contributed by atoms with Crippen molar-refractivity contribution in [3.63, 3.8) is 0 Å². The van der Waals surface area contributed by atoms with Gasteiger partial charge in [-0.15, -0.1) is 0 Å². The van der Waals surface area contributed by atoms with E-state index in [1.54, 1.807) is 42.3 Å². The lowest BCUT2D eigenvalue weighted by atomic mass is 10.0. The third-order valence-corrected chi connectivity index (χ3v) is 6.05. The van der Waals surface area contributed by atoms with Gasteiger partial charge < -0.3 is 19.9 Å². The number of pyridine rings is 2. The standard InChI is InChI=1S/C25H27FN6O3/c1-32-13-17(12-28-32)24(15-4-6-22(34-2)19(26)9-15)31-25(33)20-5-3-16-11-27-23(10-21(16)30-20)29-18-7-8-35-14-18/h3-6,9-13,18,24-25,31,33H,7-8,14H2,1-2H3,(H,27,29)/t18-,24+,25?/m1/s1. The quantitative estimate of drug-likeness (QED) is 0.332. The van der Waals surface area contributed by atoms with Gasteiger partial charge in [-0.2, -0.15) is 5.10 Å². The van der Waals surface area contributed by atoms with Crippen molar-refractivity contribution in [1.82, 2.24) is 25.1 Å². The molecule has 0 amide bonds. The number of aliphatic hydroxyl groups is 1. The van der Waals surface area contributed by atoms with E-state index < -0.39 is 18.1 Å². The maximum atomic E-state index is 14.5. The van der Waals surface area contributed by atoms with Crippen LogP contribution in [0.25, 0.3) is 10.9 Å². The van der Waals surface area contributed by atoms with Crippen LogP contribution in [-0.2, 0) is 11.8 Å². The van der Waals surface area contributed by atoms with Crippen molar-refractivity contribution in [3.05, 3.63) is 77.6 Å². The Morgan fingerprint density at radius 2 is 2.09 bits per heavy atom. The molecule has 0 aliphatic carbocycles. The third kappa shape index (κ3) is 5.09. The molecule has 1 aromatic carbocycles. The van der Waals surface area contributed by atoms with Crippen LogP contribution in [-0.4, -0.2) is 51.2 Å². The Morgan fingerprint density at radius 1 is 1.20 bits per heavy atom. The van der Waals surface area contributed by atoms with Crippen molar-refractivity contribution in [2.75, 3.05) is 25.6 Å². The summed E-state index contributed by atoms with van der Waals surface area (Å²) in [5, 5.41) is 22.7. The highest BCUT2D eigenvalue weighted by Crippen LogP contribution is 2.29. The fourth-order valence-electron chi connectivity index (χ4n) is 4.20. The van der Waals surface area contributed by atoms with Crippen LogP contribution in [0.1, 0.15) is 35.5 Å². The molecule has 1 aliphatic rings. The van der Waals surface area contributed by atoms with E-state index in [4.69, 9.17) is 9.47 Å². The number of hydrogen-bond donors (Lipinski definition) is 3. The molecule has 1 fully saturated rings. The summed E-state index contributed by atoms with van der Waals surface area (Å²) in [6, 6.07) is 9.87. The predicted octanol–water partition coefficient (Wildman–Crippen LogP) is 3.08. The van der Waals surface area contributed by atoms with Crippen LogP contribution in [0, 0.1) is 5.82 Å². The Balaban J connectivity index is 1.42. The number of rotatable bonds is 8. The summed E-state index contributed by atoms with van der Waals surface area (Å²) in [5.41, 5.74) is 2.52. The van der Waals surface area contributed by atoms with Crippen LogP contribution in [0.15, 0.2) is 55.0 Å². The van der Waals surface area contributed by atoms with Crippen molar-refractivity contribution in [2.24, 2.45) is 7.05 Å². The summed E-state index contributed by atoms with van der Waals surface area (Å²) in [6.45, 7) is 1.39. The van der Waals surface area contributed by atoms with Gasteiger partial charge in [0.25, 0.3) is 0 Å². The van der Waals surface area contributed by atoms with Gasteiger partial charge in [-0.25, -0.2) is 14.4 Å². The van der Waals surface area contributed by atoms with Gasteiger partial charge in [0, 0.05) is 43.1 Å². The summed E-state index contributed by atoms with van der Waals surface area (Å²) in [5.74, 6) is 0.374. The van der Waals surface area contributed by atoms with Crippen LogP contribution in [0.2, 0.25) is 0 Å². The van der Waals surface area contributed by atoms with Crippen molar-refractivity contribution < 1.29 is 19.0 Å². The van der Waals surface area contributed by atoms with Crippen molar-refractivity contribution >= 4 is 16.7 Å². The summed E-state index contributed by atoms with van der Waals surface area (Å²) < 4.78 is 26.6. The zero-order valence-electron chi connectivity index (χ0n) is 19.5. The van der Waals surface area contributed by atoms with E-state index in [9.17, 15) is 9.50 Å². The lowest BCUT2D eigenvalue weighted by Gasteiger charge is -2.22. The second-order valence-electron chi connectivity index (χ2n) is 8.55. The molecular formula is C25H27FN6O3. The zero-order valence-corrected chi connectivity index (χ0v) is 19.5. The molecule has 9 nitrogen and oxygen atoms in total.